The molecule has 0 aliphatic heterocycles. The highest BCUT2D eigenvalue weighted by atomic mass is 32.1. The second kappa shape index (κ2) is 6.72. The predicted molar refractivity (Wildman–Crippen MR) is 153 cm³/mol. The maximum atomic E-state index is 3.41. The zero-order valence-corrected chi connectivity index (χ0v) is 21.5. The maximum absolute atomic E-state index is 3.41. The van der Waals surface area contributed by atoms with Gasteiger partial charge in [-0.2, -0.15) is 0 Å². The fourth-order valence-corrected chi connectivity index (χ4v) is 11.5. The average molecular weight is 503 g/mol. The Balaban J connectivity index is 1.51. The van der Waals surface area contributed by atoms with Crippen molar-refractivity contribution in [2.75, 3.05) is 0 Å². The van der Waals surface area contributed by atoms with Gasteiger partial charge in [0.15, 0.2) is 0 Å². The first-order valence-corrected chi connectivity index (χ1v) is 14.3. The first-order chi connectivity index (χ1) is 16.8. The van der Waals surface area contributed by atoms with Crippen LogP contribution in [0.2, 0.25) is 0 Å². The fourth-order valence-electron chi connectivity index (χ4n) is 5.34. The summed E-state index contributed by atoms with van der Waals surface area (Å²) in [4.78, 5) is 0. The third kappa shape index (κ3) is 2.21. The second-order valence-corrected chi connectivity index (χ2v) is 12.5. The molecule has 0 spiro atoms. The van der Waals surface area contributed by atoms with E-state index in [4.69, 9.17) is 0 Å². The number of rotatable bonds is 0. The molecule has 2 aromatic carbocycles. The van der Waals surface area contributed by atoms with Gasteiger partial charge in [0.1, 0.15) is 0 Å². The van der Waals surface area contributed by atoms with Crippen LogP contribution >= 0.6 is 45.3 Å². The zero-order chi connectivity index (χ0) is 22.6. The number of hydrogen-bond donors (Lipinski definition) is 0. The molecule has 0 saturated carbocycles. The van der Waals surface area contributed by atoms with Gasteiger partial charge in [-0.15, -0.1) is 57.2 Å². The molecule has 158 valence electrons. The van der Waals surface area contributed by atoms with E-state index in [2.05, 4.69) is 72.2 Å². The number of thiophene rings is 4. The van der Waals surface area contributed by atoms with E-state index in [0.717, 1.165) is 0 Å². The fraction of sp³-hybridized carbons (Fsp3) is 0.0667. The van der Waals surface area contributed by atoms with E-state index in [0.29, 0.717) is 0 Å². The maximum Gasteiger partial charge on any atom is 0.0651 e. The van der Waals surface area contributed by atoms with Gasteiger partial charge in [-0.1, -0.05) is 60.4 Å². The molecule has 0 N–H and O–H groups in total. The van der Waals surface area contributed by atoms with Gasteiger partial charge in [0, 0.05) is 11.1 Å². The average Bonchev–Trinajstić information content (AvgIpc) is 3.64. The van der Waals surface area contributed by atoms with Crippen LogP contribution in [0.15, 0.2) is 48.5 Å². The van der Waals surface area contributed by atoms with Gasteiger partial charge in [0.2, 0.25) is 0 Å². The van der Waals surface area contributed by atoms with Crippen molar-refractivity contribution < 1.29 is 0 Å². The Bertz CT molecular complexity index is 1990. The van der Waals surface area contributed by atoms with Crippen molar-refractivity contribution in [2.45, 2.75) is 13.8 Å². The quantitative estimate of drug-likeness (QED) is 0.186. The van der Waals surface area contributed by atoms with Crippen molar-refractivity contribution in [3.63, 3.8) is 0 Å². The molecule has 2 aliphatic carbocycles. The number of benzene rings is 2. The minimum absolute atomic E-state index is 1.19. The molecule has 0 bridgehead atoms. The second-order valence-electron chi connectivity index (χ2n) is 8.38. The first kappa shape index (κ1) is 19.2. The van der Waals surface area contributed by atoms with Crippen molar-refractivity contribution in [3.8, 4) is 45.9 Å². The largest absolute Gasteiger partial charge is 0.131 e. The summed E-state index contributed by atoms with van der Waals surface area (Å²) in [5, 5.41) is 0. The molecular formula is C30H14S4. The van der Waals surface area contributed by atoms with Crippen LogP contribution in [0, 0.1) is 23.7 Å². The summed E-state index contributed by atoms with van der Waals surface area (Å²) in [5.74, 6) is 13.1. The van der Waals surface area contributed by atoms with E-state index < -0.39 is 0 Å². The molecule has 34 heavy (non-hydrogen) atoms. The lowest BCUT2D eigenvalue weighted by atomic mass is 10.0. The van der Waals surface area contributed by atoms with Crippen molar-refractivity contribution in [1.29, 1.82) is 0 Å². The third-order valence-electron chi connectivity index (χ3n) is 6.64. The molecule has 8 rings (SSSR count). The zero-order valence-electron chi connectivity index (χ0n) is 18.3. The molecule has 0 unspecified atom stereocenters. The van der Waals surface area contributed by atoms with Crippen LogP contribution in [0.4, 0.5) is 0 Å². The van der Waals surface area contributed by atoms with Gasteiger partial charge in [-0.3, -0.25) is 0 Å². The molecule has 0 amide bonds. The normalized spacial score (nSPS) is 13.0. The van der Waals surface area contributed by atoms with Crippen LogP contribution in [0.5, 0.6) is 0 Å². The Labute approximate surface area is 212 Å². The van der Waals surface area contributed by atoms with Crippen LogP contribution in [-0.4, -0.2) is 0 Å². The van der Waals surface area contributed by atoms with Crippen LogP contribution in [-0.2, 0) is 0 Å². The Morgan fingerprint density at radius 1 is 0.471 bits per heavy atom. The summed E-state index contributed by atoms with van der Waals surface area (Å²) in [7, 11) is 0. The summed E-state index contributed by atoms with van der Waals surface area (Å²) in [6.07, 6.45) is 0. The van der Waals surface area contributed by atoms with Gasteiger partial charge < -0.3 is 0 Å². The first-order valence-electron chi connectivity index (χ1n) is 11.0. The van der Waals surface area contributed by atoms with Gasteiger partial charge in [-0.25, -0.2) is 0 Å². The Hall–Kier alpha value is -3.12. The molecule has 4 aromatic heterocycles. The lowest BCUT2D eigenvalue weighted by molar-refractivity contribution is 1.66. The van der Waals surface area contributed by atoms with Crippen molar-refractivity contribution in [2.24, 2.45) is 0 Å². The lowest BCUT2D eigenvalue weighted by Gasteiger charge is -2.01. The molecule has 2 aliphatic rings. The summed E-state index contributed by atoms with van der Waals surface area (Å²) in [6, 6.07) is 17.5. The highest BCUT2D eigenvalue weighted by molar-refractivity contribution is 7.44. The minimum atomic E-state index is 1.19. The molecule has 0 fully saturated rings. The molecule has 4 heteroatoms. The van der Waals surface area contributed by atoms with Gasteiger partial charge in [0.05, 0.1) is 48.4 Å². The van der Waals surface area contributed by atoms with Crippen LogP contribution < -0.4 is 9.06 Å². The standard InChI is InChI=1S/C30H14S4/c1-3-9-19-15-11-5-7-13-17(15)21-23(19)31-27-25(21)33-30-28-26(34-29(27)30)22-18-14-8-6-12-16(18)20(10-4-2)24(22)32-28/h5-8,11-14H,1-2H3. The van der Waals surface area contributed by atoms with Crippen molar-refractivity contribution in [1.82, 2.24) is 0 Å². The number of hydrogen-bond acceptors (Lipinski definition) is 4. The van der Waals surface area contributed by atoms with Gasteiger partial charge in [0.25, 0.3) is 0 Å². The van der Waals surface area contributed by atoms with E-state index in [9.17, 15) is 0 Å². The smallest absolute Gasteiger partial charge is 0.0651 e. The van der Waals surface area contributed by atoms with E-state index >= 15 is 0 Å². The predicted octanol–water partition coefficient (Wildman–Crippen LogP) is 7.80. The van der Waals surface area contributed by atoms with E-state index in [1.807, 2.05) is 59.2 Å². The third-order valence-corrected chi connectivity index (χ3v) is 12.2. The van der Waals surface area contributed by atoms with E-state index in [-0.39, 0.29) is 0 Å². The topological polar surface area (TPSA) is 0 Å². The minimum Gasteiger partial charge on any atom is -0.131 e. The summed E-state index contributed by atoms with van der Waals surface area (Å²) < 4.78 is 11.3. The molecule has 0 nitrogen and oxygen atoms in total. The van der Waals surface area contributed by atoms with E-state index in [1.54, 1.807) is 0 Å². The Kier molecular flexibility index (Phi) is 3.80. The molecule has 0 atom stereocenters. The summed E-state index contributed by atoms with van der Waals surface area (Å²) >= 11 is 7.80. The van der Waals surface area contributed by atoms with E-state index in [1.165, 1.54) is 81.8 Å². The summed E-state index contributed by atoms with van der Waals surface area (Å²) in [6.45, 7) is 3.86. The lowest BCUT2D eigenvalue weighted by Crippen LogP contribution is -1.94. The van der Waals surface area contributed by atoms with Crippen LogP contribution in [0.25, 0.3) is 61.6 Å². The summed E-state index contributed by atoms with van der Waals surface area (Å²) in [5.41, 5.74) is 10.4. The highest BCUT2D eigenvalue weighted by Crippen LogP contribution is 2.53. The molecular weight excluding hydrogens is 489 g/mol. The SMILES string of the molecule is CC#CC1=c2sc3c(sc4c5sc6c(c5sc34)-c3ccccc3C=6C#CC)c2-c2ccccc21. The van der Waals surface area contributed by atoms with Crippen molar-refractivity contribution >= 4 is 84.7 Å². The van der Waals surface area contributed by atoms with Crippen LogP contribution in [0.3, 0.4) is 0 Å². The van der Waals surface area contributed by atoms with Gasteiger partial charge in [-0.05, 0) is 36.1 Å². The highest BCUT2D eigenvalue weighted by Gasteiger charge is 2.29. The monoisotopic (exact) mass is 502 g/mol. The number of fused-ring (bicyclic) bond motifs is 13. The van der Waals surface area contributed by atoms with Crippen molar-refractivity contribution in [3.05, 3.63) is 68.7 Å². The van der Waals surface area contributed by atoms with Gasteiger partial charge >= 0.3 is 0 Å². The van der Waals surface area contributed by atoms with Crippen LogP contribution in [0.1, 0.15) is 25.0 Å². The Morgan fingerprint density at radius 3 is 1.26 bits per heavy atom. The molecule has 0 saturated heterocycles. The molecule has 0 radical (unpaired) electrons. The molecule has 4 heterocycles. The Morgan fingerprint density at radius 2 is 0.853 bits per heavy atom. The molecule has 6 aromatic rings.